The monoisotopic (exact) mass is 287 g/mol. The van der Waals surface area contributed by atoms with Crippen molar-refractivity contribution in [1.29, 1.82) is 0 Å². The van der Waals surface area contributed by atoms with Crippen molar-refractivity contribution < 1.29 is 4.79 Å². The van der Waals surface area contributed by atoms with E-state index in [-0.39, 0.29) is 5.91 Å². The number of hydrogen-bond donors (Lipinski definition) is 1. The number of carbonyl (C=O) groups is 1. The van der Waals surface area contributed by atoms with Gasteiger partial charge in [0.1, 0.15) is 17.8 Å². The Kier molecular flexibility index (Phi) is 3.77. The molecule has 0 bridgehead atoms. The summed E-state index contributed by atoms with van der Waals surface area (Å²) in [5.74, 6) is 1.63. The third-order valence-electron chi connectivity index (χ3n) is 3.85. The number of H-pyrrole nitrogens is 1. The number of nitrogens with zero attached hydrogens (tertiary/aromatic N) is 4. The number of fused-ring (bicyclic) bond motifs is 1. The molecule has 3 heterocycles. The SMILES string of the molecule is CC(C)CC(=O)N1CCN(c2ncnc3[nH]ccc23)CC1. The first-order valence-electron chi connectivity index (χ1n) is 7.46. The molecule has 0 aliphatic carbocycles. The molecule has 6 nitrogen and oxygen atoms in total. The second-order valence-electron chi connectivity index (χ2n) is 5.90. The molecule has 1 aliphatic rings. The molecule has 21 heavy (non-hydrogen) atoms. The van der Waals surface area contributed by atoms with Crippen molar-refractivity contribution in [3.8, 4) is 0 Å². The van der Waals surface area contributed by atoms with E-state index in [9.17, 15) is 4.79 Å². The Bertz CT molecular complexity index is 628. The van der Waals surface area contributed by atoms with Gasteiger partial charge < -0.3 is 14.8 Å². The Morgan fingerprint density at radius 1 is 1.29 bits per heavy atom. The van der Waals surface area contributed by atoms with Gasteiger partial charge in [-0.1, -0.05) is 13.8 Å². The molecule has 1 aliphatic heterocycles. The van der Waals surface area contributed by atoms with Gasteiger partial charge in [-0.2, -0.15) is 0 Å². The Balaban J connectivity index is 1.68. The van der Waals surface area contributed by atoms with Gasteiger partial charge >= 0.3 is 0 Å². The van der Waals surface area contributed by atoms with Gasteiger partial charge in [-0.05, 0) is 12.0 Å². The lowest BCUT2D eigenvalue weighted by atomic mass is 10.1. The minimum absolute atomic E-state index is 0.263. The van der Waals surface area contributed by atoms with E-state index in [1.54, 1.807) is 6.33 Å². The lowest BCUT2D eigenvalue weighted by Crippen LogP contribution is -2.49. The molecule has 1 fully saturated rings. The van der Waals surface area contributed by atoms with Crippen LogP contribution in [0, 0.1) is 5.92 Å². The Labute approximate surface area is 124 Å². The second kappa shape index (κ2) is 5.71. The van der Waals surface area contributed by atoms with Crippen LogP contribution in [0.3, 0.4) is 0 Å². The lowest BCUT2D eigenvalue weighted by Gasteiger charge is -2.35. The van der Waals surface area contributed by atoms with E-state index in [0.29, 0.717) is 12.3 Å². The summed E-state index contributed by atoms with van der Waals surface area (Å²) in [6, 6.07) is 2.00. The molecule has 112 valence electrons. The molecule has 3 rings (SSSR count). The van der Waals surface area contributed by atoms with Gasteiger partial charge in [0.25, 0.3) is 0 Å². The Morgan fingerprint density at radius 2 is 2.05 bits per heavy atom. The third-order valence-corrected chi connectivity index (χ3v) is 3.85. The van der Waals surface area contributed by atoms with Crippen LogP contribution in [0.4, 0.5) is 5.82 Å². The average molecular weight is 287 g/mol. The number of carbonyl (C=O) groups excluding carboxylic acids is 1. The molecule has 0 aromatic carbocycles. The van der Waals surface area contributed by atoms with E-state index in [4.69, 9.17) is 0 Å². The lowest BCUT2D eigenvalue weighted by molar-refractivity contribution is -0.132. The summed E-state index contributed by atoms with van der Waals surface area (Å²) in [5, 5.41) is 1.04. The van der Waals surface area contributed by atoms with Crippen molar-refractivity contribution in [3.05, 3.63) is 18.6 Å². The van der Waals surface area contributed by atoms with Gasteiger partial charge in [-0.3, -0.25) is 4.79 Å². The van der Waals surface area contributed by atoms with Crippen molar-refractivity contribution in [3.63, 3.8) is 0 Å². The molecule has 0 atom stereocenters. The zero-order chi connectivity index (χ0) is 14.8. The zero-order valence-electron chi connectivity index (χ0n) is 12.5. The number of hydrogen-bond acceptors (Lipinski definition) is 4. The number of nitrogens with one attached hydrogen (secondary N) is 1. The molecule has 1 saturated heterocycles. The van der Waals surface area contributed by atoms with Gasteiger partial charge in [-0.25, -0.2) is 9.97 Å². The van der Waals surface area contributed by atoms with Crippen molar-refractivity contribution in [2.24, 2.45) is 5.92 Å². The van der Waals surface area contributed by atoms with Gasteiger partial charge in [0.2, 0.25) is 5.91 Å². The van der Waals surface area contributed by atoms with Gasteiger partial charge in [0, 0.05) is 38.8 Å². The normalized spacial score (nSPS) is 16.0. The highest BCUT2D eigenvalue weighted by molar-refractivity contribution is 5.87. The minimum Gasteiger partial charge on any atom is -0.352 e. The average Bonchev–Trinajstić information content (AvgIpc) is 2.95. The maximum absolute atomic E-state index is 12.1. The summed E-state index contributed by atoms with van der Waals surface area (Å²) in [6.45, 7) is 7.33. The Hall–Kier alpha value is -2.11. The molecular formula is C15H21N5O. The van der Waals surface area contributed by atoms with E-state index < -0.39 is 0 Å². The molecular weight excluding hydrogens is 266 g/mol. The van der Waals surface area contributed by atoms with Crippen LogP contribution in [0.1, 0.15) is 20.3 Å². The van der Waals surface area contributed by atoms with Crippen LogP contribution < -0.4 is 4.90 Å². The summed E-state index contributed by atoms with van der Waals surface area (Å²) >= 11 is 0. The van der Waals surface area contributed by atoms with Gasteiger partial charge in [0.15, 0.2) is 0 Å². The standard InChI is InChI=1S/C15H21N5O/c1-11(2)9-13(21)19-5-7-20(8-6-19)15-12-3-4-16-14(12)17-10-18-15/h3-4,10-11H,5-9H2,1-2H3,(H,16,17,18). The highest BCUT2D eigenvalue weighted by atomic mass is 16.2. The first kappa shape index (κ1) is 13.9. The number of aromatic amines is 1. The molecule has 2 aromatic heterocycles. The van der Waals surface area contributed by atoms with Crippen LogP contribution in [0.5, 0.6) is 0 Å². The zero-order valence-corrected chi connectivity index (χ0v) is 12.5. The highest BCUT2D eigenvalue weighted by Gasteiger charge is 2.23. The maximum atomic E-state index is 12.1. The summed E-state index contributed by atoms with van der Waals surface area (Å²) in [6.07, 6.45) is 4.10. The number of anilines is 1. The van der Waals surface area contributed by atoms with Crippen LogP contribution in [-0.4, -0.2) is 51.9 Å². The van der Waals surface area contributed by atoms with Crippen LogP contribution in [-0.2, 0) is 4.79 Å². The van der Waals surface area contributed by atoms with Crippen molar-refractivity contribution >= 4 is 22.8 Å². The van der Waals surface area contributed by atoms with Crippen LogP contribution >= 0.6 is 0 Å². The second-order valence-corrected chi connectivity index (χ2v) is 5.90. The highest BCUT2D eigenvalue weighted by Crippen LogP contribution is 2.23. The topological polar surface area (TPSA) is 65.1 Å². The summed E-state index contributed by atoms with van der Waals surface area (Å²) in [7, 11) is 0. The van der Waals surface area contributed by atoms with E-state index in [0.717, 1.165) is 43.0 Å². The van der Waals surface area contributed by atoms with E-state index >= 15 is 0 Å². The first-order valence-corrected chi connectivity index (χ1v) is 7.46. The number of rotatable bonds is 3. The van der Waals surface area contributed by atoms with Crippen molar-refractivity contribution in [2.45, 2.75) is 20.3 Å². The number of piperazine rings is 1. The molecule has 2 aromatic rings. The summed E-state index contributed by atoms with van der Waals surface area (Å²) in [4.78, 5) is 28.0. The molecule has 1 N–H and O–H groups in total. The number of aromatic nitrogens is 3. The molecule has 0 radical (unpaired) electrons. The number of amides is 1. The smallest absolute Gasteiger partial charge is 0.222 e. The maximum Gasteiger partial charge on any atom is 0.222 e. The van der Waals surface area contributed by atoms with Crippen LogP contribution in [0.2, 0.25) is 0 Å². The predicted molar refractivity (Wildman–Crippen MR) is 82.1 cm³/mol. The molecule has 0 unspecified atom stereocenters. The van der Waals surface area contributed by atoms with E-state index in [2.05, 4.69) is 33.7 Å². The van der Waals surface area contributed by atoms with Gasteiger partial charge in [-0.15, -0.1) is 0 Å². The van der Waals surface area contributed by atoms with Crippen LogP contribution in [0.15, 0.2) is 18.6 Å². The molecule has 0 spiro atoms. The fraction of sp³-hybridized carbons (Fsp3) is 0.533. The first-order chi connectivity index (χ1) is 10.1. The molecule has 0 saturated carbocycles. The predicted octanol–water partition coefficient (Wildman–Crippen LogP) is 1.65. The van der Waals surface area contributed by atoms with E-state index in [1.807, 2.05) is 17.2 Å². The minimum atomic E-state index is 0.263. The summed E-state index contributed by atoms with van der Waals surface area (Å²) < 4.78 is 0. The summed E-state index contributed by atoms with van der Waals surface area (Å²) in [5.41, 5.74) is 0.860. The fourth-order valence-corrected chi connectivity index (χ4v) is 2.76. The molecule has 6 heteroatoms. The van der Waals surface area contributed by atoms with Gasteiger partial charge in [0.05, 0.1) is 5.39 Å². The van der Waals surface area contributed by atoms with Crippen molar-refractivity contribution in [1.82, 2.24) is 19.9 Å². The van der Waals surface area contributed by atoms with E-state index in [1.165, 1.54) is 0 Å². The quantitative estimate of drug-likeness (QED) is 0.932. The van der Waals surface area contributed by atoms with Crippen LogP contribution in [0.25, 0.3) is 11.0 Å². The third kappa shape index (κ3) is 2.84. The Morgan fingerprint density at radius 3 is 2.76 bits per heavy atom. The van der Waals surface area contributed by atoms with Crippen molar-refractivity contribution in [2.75, 3.05) is 31.1 Å². The fourth-order valence-electron chi connectivity index (χ4n) is 2.76. The molecule has 1 amide bonds. The largest absolute Gasteiger partial charge is 0.352 e.